The molecule has 0 aromatic carbocycles. The van der Waals surface area contributed by atoms with E-state index in [1.165, 1.54) is 0 Å². The van der Waals surface area contributed by atoms with Crippen molar-refractivity contribution in [2.24, 2.45) is 16.2 Å². The van der Waals surface area contributed by atoms with Crippen molar-refractivity contribution in [2.45, 2.75) is 47.0 Å². The van der Waals surface area contributed by atoms with Gasteiger partial charge < -0.3 is 10.0 Å². The van der Waals surface area contributed by atoms with Crippen molar-refractivity contribution < 1.29 is 14.7 Å². The Labute approximate surface area is 108 Å². The van der Waals surface area contributed by atoms with E-state index in [1.807, 2.05) is 11.8 Å². The smallest absolute Gasteiger partial charge is 0.309 e. The van der Waals surface area contributed by atoms with Gasteiger partial charge in [-0.1, -0.05) is 13.8 Å². The summed E-state index contributed by atoms with van der Waals surface area (Å²) in [6, 6.07) is 0. The molecule has 1 saturated heterocycles. The lowest BCUT2D eigenvalue weighted by Crippen LogP contribution is -2.59. The Morgan fingerprint density at radius 3 is 1.78 bits per heavy atom. The van der Waals surface area contributed by atoms with Crippen LogP contribution in [0.1, 0.15) is 47.0 Å². The van der Waals surface area contributed by atoms with Gasteiger partial charge in [-0.3, -0.25) is 9.59 Å². The van der Waals surface area contributed by atoms with Gasteiger partial charge in [0.2, 0.25) is 5.91 Å². The van der Waals surface area contributed by atoms with Crippen molar-refractivity contribution in [3.05, 3.63) is 0 Å². The number of fused-ring (bicyclic) bond motifs is 2. The molecule has 2 rings (SSSR count). The number of likely N-dealkylation sites (tertiary alicyclic amines) is 1. The maximum absolute atomic E-state index is 11.6. The second-order valence-corrected chi connectivity index (χ2v) is 7.39. The average molecular weight is 253 g/mol. The fourth-order valence-electron chi connectivity index (χ4n) is 4.68. The molecule has 1 heterocycles. The van der Waals surface area contributed by atoms with Gasteiger partial charge in [0.05, 0.1) is 5.41 Å². The first kappa shape index (κ1) is 13.4. The molecule has 4 heteroatoms. The van der Waals surface area contributed by atoms with Gasteiger partial charge in [-0.2, -0.15) is 0 Å². The second kappa shape index (κ2) is 3.72. The Hall–Kier alpha value is -1.06. The lowest BCUT2D eigenvalue weighted by atomic mass is 9.52. The van der Waals surface area contributed by atoms with Crippen molar-refractivity contribution in [3.8, 4) is 0 Å². The molecule has 0 spiro atoms. The zero-order valence-electron chi connectivity index (χ0n) is 11.7. The quantitative estimate of drug-likeness (QED) is 0.779. The highest BCUT2D eigenvalue weighted by Gasteiger charge is 2.56. The third-order valence-corrected chi connectivity index (χ3v) is 4.59. The molecule has 3 atom stereocenters. The second-order valence-electron chi connectivity index (χ2n) is 7.39. The molecule has 2 aliphatic rings. The SMILES string of the molecule is CC(=O)N1C[C@@]2(C)CC(C)(C(=O)O)C[C@@](C)(C1)C2. The zero-order valence-corrected chi connectivity index (χ0v) is 11.7. The Bertz CT molecular complexity index is 386. The number of piperidine rings is 1. The molecule has 18 heavy (non-hydrogen) atoms. The molecular formula is C14H23NO3. The van der Waals surface area contributed by atoms with Gasteiger partial charge in [-0.25, -0.2) is 0 Å². The molecule has 2 fully saturated rings. The molecule has 102 valence electrons. The number of hydrogen-bond acceptors (Lipinski definition) is 2. The van der Waals surface area contributed by atoms with Gasteiger partial charge in [0.1, 0.15) is 0 Å². The van der Waals surface area contributed by atoms with Crippen LogP contribution in [0.25, 0.3) is 0 Å². The topological polar surface area (TPSA) is 57.6 Å². The van der Waals surface area contributed by atoms with Crippen molar-refractivity contribution in [2.75, 3.05) is 13.1 Å². The number of carbonyl (C=O) groups is 2. The Morgan fingerprint density at radius 1 is 1.00 bits per heavy atom. The molecule has 1 aliphatic heterocycles. The lowest BCUT2D eigenvalue weighted by molar-refractivity contribution is -0.166. The highest BCUT2D eigenvalue weighted by atomic mass is 16.4. The van der Waals surface area contributed by atoms with Crippen molar-refractivity contribution in [1.29, 1.82) is 0 Å². The standard InChI is InChI=1S/C14H23NO3/c1-10(16)15-8-12(2)5-13(3,9-15)7-14(4,6-12)11(17)18/h5-9H2,1-4H3,(H,17,18)/t12-,13+,14?. The maximum Gasteiger partial charge on any atom is 0.309 e. The molecule has 0 aromatic heterocycles. The Morgan fingerprint density at radius 2 is 1.44 bits per heavy atom. The van der Waals surface area contributed by atoms with E-state index in [2.05, 4.69) is 13.8 Å². The summed E-state index contributed by atoms with van der Waals surface area (Å²) in [5, 5.41) is 9.48. The van der Waals surface area contributed by atoms with Crippen LogP contribution in [0.4, 0.5) is 0 Å². The van der Waals surface area contributed by atoms with E-state index < -0.39 is 11.4 Å². The molecule has 1 aliphatic carbocycles. The number of carboxylic acid groups (broad SMARTS) is 1. The summed E-state index contributed by atoms with van der Waals surface area (Å²) >= 11 is 0. The van der Waals surface area contributed by atoms with Crippen LogP contribution < -0.4 is 0 Å². The maximum atomic E-state index is 11.6. The molecule has 1 N–H and O–H groups in total. The fraction of sp³-hybridized carbons (Fsp3) is 0.857. The number of hydrogen-bond donors (Lipinski definition) is 1. The third kappa shape index (κ3) is 2.13. The summed E-state index contributed by atoms with van der Waals surface area (Å²) in [4.78, 5) is 25.0. The van der Waals surface area contributed by atoms with Gasteiger partial charge in [0.15, 0.2) is 0 Å². The number of rotatable bonds is 1. The molecule has 1 amide bonds. The molecule has 0 aromatic rings. The minimum absolute atomic E-state index is 0.0654. The van der Waals surface area contributed by atoms with Gasteiger partial charge in [0, 0.05) is 20.0 Å². The van der Waals surface area contributed by atoms with Gasteiger partial charge >= 0.3 is 5.97 Å². The normalized spacial score (nSPS) is 43.7. The van der Waals surface area contributed by atoms with E-state index in [4.69, 9.17) is 0 Å². The lowest BCUT2D eigenvalue weighted by Gasteiger charge is -2.57. The third-order valence-electron chi connectivity index (χ3n) is 4.59. The van der Waals surface area contributed by atoms with E-state index in [0.29, 0.717) is 25.9 Å². The van der Waals surface area contributed by atoms with Crippen LogP contribution in [0.3, 0.4) is 0 Å². The first-order valence-corrected chi connectivity index (χ1v) is 6.57. The summed E-state index contributed by atoms with van der Waals surface area (Å²) < 4.78 is 0. The summed E-state index contributed by atoms with van der Waals surface area (Å²) in [6.45, 7) is 9.10. The summed E-state index contributed by atoms with van der Waals surface area (Å²) in [6.07, 6.45) is 2.34. The number of carbonyl (C=O) groups excluding carboxylic acids is 1. The van der Waals surface area contributed by atoms with Crippen LogP contribution in [0.2, 0.25) is 0 Å². The van der Waals surface area contributed by atoms with Crippen LogP contribution in [0.5, 0.6) is 0 Å². The summed E-state index contributed by atoms with van der Waals surface area (Å²) in [5.41, 5.74) is -0.779. The van der Waals surface area contributed by atoms with Crippen LogP contribution >= 0.6 is 0 Å². The molecule has 4 nitrogen and oxygen atoms in total. The van der Waals surface area contributed by atoms with Gasteiger partial charge in [-0.15, -0.1) is 0 Å². The largest absolute Gasteiger partial charge is 0.481 e. The van der Waals surface area contributed by atoms with Crippen LogP contribution in [-0.4, -0.2) is 35.0 Å². The molecule has 0 radical (unpaired) electrons. The monoisotopic (exact) mass is 253 g/mol. The molecular weight excluding hydrogens is 230 g/mol. The number of amides is 1. The minimum atomic E-state index is -0.698. The molecule has 1 saturated carbocycles. The predicted octanol–water partition coefficient (Wildman–Crippen LogP) is 2.14. The highest BCUT2D eigenvalue weighted by molar-refractivity contribution is 5.75. The Balaban J connectivity index is 2.33. The van der Waals surface area contributed by atoms with E-state index in [0.717, 1.165) is 6.42 Å². The van der Waals surface area contributed by atoms with Crippen LogP contribution in [0.15, 0.2) is 0 Å². The van der Waals surface area contributed by atoms with E-state index >= 15 is 0 Å². The predicted molar refractivity (Wildman–Crippen MR) is 68.1 cm³/mol. The van der Waals surface area contributed by atoms with E-state index in [-0.39, 0.29) is 16.7 Å². The fourth-order valence-corrected chi connectivity index (χ4v) is 4.68. The number of carboxylic acids is 1. The number of nitrogens with zero attached hydrogens (tertiary/aromatic N) is 1. The first-order chi connectivity index (χ1) is 8.08. The van der Waals surface area contributed by atoms with E-state index in [1.54, 1.807) is 6.92 Å². The Kier molecular flexibility index (Phi) is 2.76. The number of aliphatic carboxylic acids is 1. The van der Waals surface area contributed by atoms with Gasteiger partial charge in [-0.05, 0) is 37.0 Å². The molecule has 1 unspecified atom stereocenters. The summed E-state index contributed by atoms with van der Waals surface area (Å²) in [5.74, 6) is -0.595. The zero-order chi connectivity index (χ0) is 13.8. The van der Waals surface area contributed by atoms with Crippen molar-refractivity contribution in [3.63, 3.8) is 0 Å². The van der Waals surface area contributed by atoms with Crippen LogP contribution in [-0.2, 0) is 9.59 Å². The summed E-state index contributed by atoms with van der Waals surface area (Å²) in [7, 11) is 0. The molecule has 2 bridgehead atoms. The van der Waals surface area contributed by atoms with Crippen molar-refractivity contribution >= 4 is 11.9 Å². The van der Waals surface area contributed by atoms with Gasteiger partial charge in [0.25, 0.3) is 0 Å². The first-order valence-electron chi connectivity index (χ1n) is 6.57. The van der Waals surface area contributed by atoms with Crippen molar-refractivity contribution in [1.82, 2.24) is 4.90 Å². The highest BCUT2D eigenvalue weighted by Crippen LogP contribution is 2.57. The minimum Gasteiger partial charge on any atom is -0.481 e. The van der Waals surface area contributed by atoms with E-state index in [9.17, 15) is 14.7 Å². The van der Waals surface area contributed by atoms with Crippen LogP contribution in [0, 0.1) is 16.2 Å². The average Bonchev–Trinajstić information content (AvgIpc) is 2.11.